The van der Waals surface area contributed by atoms with Crippen molar-refractivity contribution in [2.24, 2.45) is 5.41 Å². The van der Waals surface area contributed by atoms with Crippen molar-refractivity contribution in [2.75, 3.05) is 0 Å². The van der Waals surface area contributed by atoms with E-state index in [1.54, 1.807) is 0 Å². The highest BCUT2D eigenvalue weighted by molar-refractivity contribution is 5.29. The van der Waals surface area contributed by atoms with Gasteiger partial charge in [-0.25, -0.2) is 0 Å². The van der Waals surface area contributed by atoms with Gasteiger partial charge in [0.1, 0.15) is 11.9 Å². The fourth-order valence-electron chi connectivity index (χ4n) is 2.80. The van der Waals surface area contributed by atoms with Crippen molar-refractivity contribution in [3.63, 3.8) is 0 Å². The van der Waals surface area contributed by atoms with Crippen LogP contribution in [0.15, 0.2) is 24.3 Å². The van der Waals surface area contributed by atoms with Crippen LogP contribution in [0.2, 0.25) is 0 Å². The normalized spacial score (nSPS) is 22.7. The molecule has 1 saturated carbocycles. The summed E-state index contributed by atoms with van der Waals surface area (Å²) in [6, 6.07) is 9.79. The fourth-order valence-corrected chi connectivity index (χ4v) is 2.80. The molecule has 2 nitrogen and oxygen atoms in total. The van der Waals surface area contributed by atoms with Crippen molar-refractivity contribution in [1.29, 1.82) is 0 Å². The van der Waals surface area contributed by atoms with Gasteiger partial charge in [0.15, 0.2) is 0 Å². The van der Waals surface area contributed by atoms with Crippen molar-refractivity contribution in [1.82, 2.24) is 5.32 Å². The fraction of sp³-hybridized carbons (Fsp3) is 0.667. The summed E-state index contributed by atoms with van der Waals surface area (Å²) < 4.78 is 6.08. The maximum Gasteiger partial charge on any atom is 0.119 e. The Labute approximate surface area is 123 Å². The maximum atomic E-state index is 6.08. The molecule has 20 heavy (non-hydrogen) atoms. The number of hydrogen-bond donors (Lipinski definition) is 1. The van der Waals surface area contributed by atoms with Crippen LogP contribution in [0.3, 0.4) is 0 Å². The molecular weight excluding hydrogens is 246 g/mol. The van der Waals surface area contributed by atoms with E-state index in [1.807, 2.05) is 0 Å². The quantitative estimate of drug-likeness (QED) is 0.870. The van der Waals surface area contributed by atoms with Gasteiger partial charge in [-0.2, -0.15) is 0 Å². The summed E-state index contributed by atoms with van der Waals surface area (Å²) in [5.41, 5.74) is 1.69. The minimum atomic E-state index is 0.321. The van der Waals surface area contributed by atoms with Crippen LogP contribution in [-0.4, -0.2) is 18.2 Å². The van der Waals surface area contributed by atoms with Gasteiger partial charge in [0.05, 0.1) is 0 Å². The summed E-state index contributed by atoms with van der Waals surface area (Å²) in [6.07, 6.45) is 3.73. The highest BCUT2D eigenvalue weighted by Gasteiger charge is 2.30. The summed E-state index contributed by atoms with van der Waals surface area (Å²) in [5.74, 6) is 1.03. The van der Waals surface area contributed by atoms with E-state index in [9.17, 15) is 0 Å². The van der Waals surface area contributed by atoms with Crippen LogP contribution in [0.4, 0.5) is 0 Å². The van der Waals surface area contributed by atoms with Crippen molar-refractivity contribution in [3.05, 3.63) is 29.8 Å². The zero-order valence-corrected chi connectivity index (χ0v) is 13.6. The van der Waals surface area contributed by atoms with E-state index in [1.165, 1.54) is 5.56 Å². The molecule has 0 aliphatic heterocycles. The summed E-state index contributed by atoms with van der Waals surface area (Å²) in [6.45, 7) is 11.2. The van der Waals surface area contributed by atoms with Gasteiger partial charge in [-0.15, -0.1) is 0 Å². The highest BCUT2D eigenvalue weighted by Crippen LogP contribution is 2.28. The number of ether oxygens (including phenoxy) is 1. The molecule has 0 amide bonds. The van der Waals surface area contributed by atoms with Crippen LogP contribution in [0.1, 0.15) is 53.0 Å². The Kier molecular flexibility index (Phi) is 4.74. The molecule has 112 valence electrons. The van der Waals surface area contributed by atoms with E-state index in [0.29, 0.717) is 23.6 Å². The zero-order valence-electron chi connectivity index (χ0n) is 13.6. The SMILES string of the molecule is CC(C)N[C@H]1C[C@H](Oc2cccc(CC(C)(C)C)c2)C1. The molecule has 1 fully saturated rings. The first-order chi connectivity index (χ1) is 9.32. The largest absolute Gasteiger partial charge is 0.490 e. The molecule has 1 aromatic rings. The lowest BCUT2D eigenvalue weighted by Gasteiger charge is -2.37. The van der Waals surface area contributed by atoms with E-state index in [-0.39, 0.29) is 0 Å². The standard InChI is InChI=1S/C18H29NO/c1-13(2)19-15-10-17(11-15)20-16-8-6-7-14(9-16)12-18(3,4)5/h6-9,13,15,17,19H,10-12H2,1-5H3/t15-,17-. The Morgan fingerprint density at radius 1 is 1.25 bits per heavy atom. The molecule has 1 N–H and O–H groups in total. The Balaban J connectivity index is 1.84. The van der Waals surface area contributed by atoms with Gasteiger partial charge < -0.3 is 10.1 Å². The lowest BCUT2D eigenvalue weighted by molar-refractivity contribution is 0.0814. The van der Waals surface area contributed by atoms with Crippen LogP contribution in [0, 0.1) is 5.41 Å². The van der Waals surface area contributed by atoms with Gasteiger partial charge in [-0.1, -0.05) is 46.8 Å². The second-order valence-electron chi connectivity index (χ2n) is 7.61. The smallest absolute Gasteiger partial charge is 0.119 e. The molecule has 0 spiro atoms. The third-order valence-electron chi connectivity index (χ3n) is 3.60. The van der Waals surface area contributed by atoms with E-state index in [4.69, 9.17) is 4.74 Å². The molecule has 0 aromatic heterocycles. The molecular formula is C18H29NO. The average molecular weight is 275 g/mol. The minimum Gasteiger partial charge on any atom is -0.490 e. The Morgan fingerprint density at radius 2 is 1.95 bits per heavy atom. The molecule has 2 heteroatoms. The van der Waals surface area contributed by atoms with Crippen molar-refractivity contribution < 1.29 is 4.74 Å². The molecule has 0 atom stereocenters. The van der Waals surface area contributed by atoms with E-state index in [2.05, 4.69) is 64.2 Å². The van der Waals surface area contributed by atoms with Gasteiger partial charge in [0.2, 0.25) is 0 Å². The molecule has 1 aliphatic rings. The predicted octanol–water partition coefficient (Wildman–Crippen LogP) is 4.18. The number of hydrogen-bond acceptors (Lipinski definition) is 2. The Morgan fingerprint density at radius 3 is 2.55 bits per heavy atom. The lowest BCUT2D eigenvalue weighted by atomic mass is 9.87. The number of rotatable bonds is 5. The molecule has 0 saturated heterocycles. The summed E-state index contributed by atoms with van der Waals surface area (Å²) in [4.78, 5) is 0. The third kappa shape index (κ3) is 4.82. The third-order valence-corrected chi connectivity index (χ3v) is 3.60. The maximum absolute atomic E-state index is 6.08. The second kappa shape index (κ2) is 6.17. The van der Waals surface area contributed by atoms with E-state index in [0.717, 1.165) is 25.0 Å². The zero-order chi connectivity index (χ0) is 14.8. The van der Waals surface area contributed by atoms with Crippen LogP contribution >= 0.6 is 0 Å². The molecule has 1 aromatic carbocycles. The topological polar surface area (TPSA) is 21.3 Å². The molecule has 0 unspecified atom stereocenters. The first-order valence-corrected chi connectivity index (χ1v) is 7.83. The van der Waals surface area contributed by atoms with Crippen molar-refractivity contribution >= 4 is 0 Å². The summed E-state index contributed by atoms with van der Waals surface area (Å²) in [7, 11) is 0. The second-order valence-corrected chi connectivity index (χ2v) is 7.61. The number of benzene rings is 1. The monoisotopic (exact) mass is 275 g/mol. The first kappa shape index (κ1) is 15.4. The van der Waals surface area contributed by atoms with Crippen LogP contribution in [-0.2, 0) is 6.42 Å². The van der Waals surface area contributed by atoms with Gasteiger partial charge >= 0.3 is 0 Å². The summed E-state index contributed by atoms with van der Waals surface area (Å²) in [5, 5.41) is 3.56. The Bertz CT molecular complexity index is 427. The van der Waals surface area contributed by atoms with Crippen LogP contribution < -0.4 is 10.1 Å². The molecule has 1 aliphatic carbocycles. The van der Waals surface area contributed by atoms with Crippen LogP contribution in [0.5, 0.6) is 5.75 Å². The first-order valence-electron chi connectivity index (χ1n) is 7.83. The van der Waals surface area contributed by atoms with Crippen molar-refractivity contribution in [2.45, 2.75) is 72.1 Å². The van der Waals surface area contributed by atoms with Crippen molar-refractivity contribution in [3.8, 4) is 5.75 Å². The van der Waals surface area contributed by atoms with Gasteiger partial charge in [-0.05, 0) is 42.4 Å². The summed E-state index contributed by atoms with van der Waals surface area (Å²) >= 11 is 0. The van der Waals surface area contributed by atoms with Gasteiger partial charge in [0.25, 0.3) is 0 Å². The van der Waals surface area contributed by atoms with Gasteiger partial charge in [0, 0.05) is 12.1 Å². The lowest BCUT2D eigenvalue weighted by Crippen LogP contribution is -2.49. The Hall–Kier alpha value is -1.02. The van der Waals surface area contributed by atoms with Crippen LogP contribution in [0.25, 0.3) is 0 Å². The molecule has 2 rings (SSSR count). The number of nitrogens with one attached hydrogen (secondary N) is 1. The van der Waals surface area contributed by atoms with E-state index < -0.39 is 0 Å². The molecule has 0 heterocycles. The average Bonchev–Trinajstić information content (AvgIpc) is 2.23. The van der Waals surface area contributed by atoms with Gasteiger partial charge in [-0.3, -0.25) is 0 Å². The van der Waals surface area contributed by atoms with E-state index >= 15 is 0 Å². The highest BCUT2D eigenvalue weighted by atomic mass is 16.5. The molecule has 0 radical (unpaired) electrons. The minimum absolute atomic E-state index is 0.321. The predicted molar refractivity (Wildman–Crippen MR) is 85.3 cm³/mol. The molecule has 0 bridgehead atoms.